The summed E-state index contributed by atoms with van der Waals surface area (Å²) in [6.45, 7) is 4.42. The van der Waals surface area contributed by atoms with Crippen LogP contribution in [0, 0.1) is 0 Å². The van der Waals surface area contributed by atoms with Crippen molar-refractivity contribution in [3.05, 3.63) is 53.9 Å². The SMILES string of the molecule is CC(CCc1ccccc1)N1CCC(NC(=O)c2cnn(C)c2)CC1. The first-order valence-corrected chi connectivity index (χ1v) is 9.19. The first-order chi connectivity index (χ1) is 12.1. The number of carbonyl (C=O) groups is 1. The van der Waals surface area contributed by atoms with Crippen LogP contribution in [0.25, 0.3) is 0 Å². The number of aromatic nitrogens is 2. The molecule has 1 fully saturated rings. The normalized spacial score (nSPS) is 17.4. The fourth-order valence-electron chi connectivity index (χ4n) is 3.49. The highest BCUT2D eigenvalue weighted by atomic mass is 16.1. The zero-order valence-corrected chi connectivity index (χ0v) is 15.2. The van der Waals surface area contributed by atoms with E-state index in [1.165, 1.54) is 12.0 Å². The lowest BCUT2D eigenvalue weighted by Gasteiger charge is -2.36. The minimum atomic E-state index is -0.0105. The van der Waals surface area contributed by atoms with Crippen molar-refractivity contribution >= 4 is 5.91 Å². The quantitative estimate of drug-likeness (QED) is 0.879. The van der Waals surface area contributed by atoms with E-state index in [1.807, 2.05) is 7.05 Å². The number of carbonyl (C=O) groups excluding carboxylic acids is 1. The molecule has 2 heterocycles. The lowest BCUT2D eigenvalue weighted by Crippen LogP contribution is -2.47. The van der Waals surface area contributed by atoms with Crippen molar-refractivity contribution in [1.82, 2.24) is 20.0 Å². The second-order valence-electron chi connectivity index (χ2n) is 7.06. The Balaban J connectivity index is 1.41. The Morgan fingerprint density at radius 2 is 2.00 bits per heavy atom. The molecule has 5 nitrogen and oxygen atoms in total. The molecular formula is C20H28N4O. The van der Waals surface area contributed by atoms with E-state index < -0.39 is 0 Å². The second-order valence-corrected chi connectivity index (χ2v) is 7.06. The summed E-state index contributed by atoms with van der Waals surface area (Å²) in [5.41, 5.74) is 2.05. The maximum Gasteiger partial charge on any atom is 0.254 e. The van der Waals surface area contributed by atoms with Crippen LogP contribution in [-0.4, -0.2) is 45.8 Å². The summed E-state index contributed by atoms with van der Waals surface area (Å²) in [4.78, 5) is 14.8. The molecule has 1 atom stereocenters. The van der Waals surface area contributed by atoms with E-state index in [9.17, 15) is 4.79 Å². The smallest absolute Gasteiger partial charge is 0.254 e. The molecule has 0 radical (unpaired) electrons. The van der Waals surface area contributed by atoms with Gasteiger partial charge in [0, 0.05) is 38.4 Å². The Kier molecular flexibility index (Phi) is 5.87. The Morgan fingerprint density at radius 3 is 2.64 bits per heavy atom. The van der Waals surface area contributed by atoms with E-state index >= 15 is 0 Å². The molecule has 0 bridgehead atoms. The van der Waals surface area contributed by atoms with Gasteiger partial charge in [0.25, 0.3) is 5.91 Å². The molecule has 0 saturated carbocycles. The maximum atomic E-state index is 12.2. The van der Waals surface area contributed by atoms with E-state index in [0.717, 1.165) is 32.4 Å². The second kappa shape index (κ2) is 8.30. The maximum absolute atomic E-state index is 12.2. The van der Waals surface area contributed by atoms with Crippen molar-refractivity contribution in [2.45, 2.75) is 44.7 Å². The van der Waals surface area contributed by atoms with Gasteiger partial charge < -0.3 is 10.2 Å². The highest BCUT2D eigenvalue weighted by molar-refractivity contribution is 5.93. The third-order valence-corrected chi connectivity index (χ3v) is 5.15. The number of likely N-dealkylation sites (tertiary alicyclic amines) is 1. The van der Waals surface area contributed by atoms with Crippen molar-refractivity contribution in [3.8, 4) is 0 Å². The van der Waals surface area contributed by atoms with Gasteiger partial charge in [-0.1, -0.05) is 30.3 Å². The van der Waals surface area contributed by atoms with E-state index in [0.29, 0.717) is 11.6 Å². The molecule has 1 aliphatic rings. The third-order valence-electron chi connectivity index (χ3n) is 5.15. The molecular weight excluding hydrogens is 312 g/mol. The van der Waals surface area contributed by atoms with E-state index in [4.69, 9.17) is 0 Å². The zero-order valence-electron chi connectivity index (χ0n) is 15.2. The van der Waals surface area contributed by atoms with Crippen LogP contribution in [0.3, 0.4) is 0 Å². The third kappa shape index (κ3) is 4.92. The van der Waals surface area contributed by atoms with Crippen LogP contribution in [0.15, 0.2) is 42.7 Å². The van der Waals surface area contributed by atoms with Crippen molar-refractivity contribution in [2.24, 2.45) is 7.05 Å². The fraction of sp³-hybridized carbons (Fsp3) is 0.500. The average Bonchev–Trinajstić information content (AvgIpc) is 3.08. The number of nitrogens with zero attached hydrogens (tertiary/aromatic N) is 3. The molecule has 0 aliphatic carbocycles. The Morgan fingerprint density at radius 1 is 1.28 bits per heavy atom. The molecule has 1 N–H and O–H groups in total. The highest BCUT2D eigenvalue weighted by Gasteiger charge is 2.24. The van der Waals surface area contributed by atoms with Crippen molar-refractivity contribution < 1.29 is 4.79 Å². The molecule has 1 unspecified atom stereocenters. The van der Waals surface area contributed by atoms with Gasteiger partial charge in [0.2, 0.25) is 0 Å². The highest BCUT2D eigenvalue weighted by Crippen LogP contribution is 2.17. The Bertz CT molecular complexity index is 674. The molecule has 1 amide bonds. The number of benzene rings is 1. The summed E-state index contributed by atoms with van der Waals surface area (Å²) in [6, 6.07) is 11.5. The van der Waals surface area contributed by atoms with Crippen molar-refractivity contribution in [3.63, 3.8) is 0 Å². The van der Waals surface area contributed by atoms with Crippen LogP contribution in [0.2, 0.25) is 0 Å². The monoisotopic (exact) mass is 340 g/mol. The van der Waals surface area contributed by atoms with Crippen molar-refractivity contribution in [2.75, 3.05) is 13.1 Å². The van der Waals surface area contributed by atoms with Gasteiger partial charge in [0.1, 0.15) is 0 Å². The predicted octanol–water partition coefficient (Wildman–Crippen LogP) is 2.64. The predicted molar refractivity (Wildman–Crippen MR) is 99.5 cm³/mol. The van der Waals surface area contributed by atoms with Crippen molar-refractivity contribution in [1.29, 1.82) is 0 Å². The Labute approximate surface area is 150 Å². The van der Waals surface area contributed by atoms with Gasteiger partial charge in [-0.15, -0.1) is 0 Å². The van der Waals surface area contributed by atoms with Crippen LogP contribution in [0.1, 0.15) is 42.1 Å². The average molecular weight is 340 g/mol. The molecule has 25 heavy (non-hydrogen) atoms. The molecule has 0 spiro atoms. The number of rotatable bonds is 6. The molecule has 2 aromatic rings. The summed E-state index contributed by atoms with van der Waals surface area (Å²) in [5.74, 6) is -0.0105. The first-order valence-electron chi connectivity index (χ1n) is 9.19. The molecule has 5 heteroatoms. The molecule has 1 saturated heterocycles. The number of amides is 1. The Hall–Kier alpha value is -2.14. The number of piperidine rings is 1. The van der Waals surface area contributed by atoms with Gasteiger partial charge >= 0.3 is 0 Å². The van der Waals surface area contributed by atoms with Gasteiger partial charge in [-0.25, -0.2) is 0 Å². The largest absolute Gasteiger partial charge is 0.349 e. The van der Waals surface area contributed by atoms with Crippen LogP contribution in [0.4, 0.5) is 0 Å². The van der Waals surface area contributed by atoms with Gasteiger partial charge in [0.15, 0.2) is 0 Å². The zero-order chi connectivity index (χ0) is 17.6. The number of nitrogens with one attached hydrogen (secondary N) is 1. The summed E-state index contributed by atoms with van der Waals surface area (Å²) in [6.07, 6.45) is 7.71. The first kappa shape index (κ1) is 17.7. The molecule has 1 aromatic heterocycles. The number of aryl methyl sites for hydroxylation is 2. The molecule has 134 valence electrons. The van der Waals surface area contributed by atoms with Crippen LogP contribution >= 0.6 is 0 Å². The molecule has 1 aliphatic heterocycles. The minimum Gasteiger partial charge on any atom is -0.349 e. The van der Waals surface area contributed by atoms with E-state index in [1.54, 1.807) is 17.1 Å². The minimum absolute atomic E-state index is 0.0105. The number of hydrogen-bond acceptors (Lipinski definition) is 3. The van der Waals surface area contributed by atoms with Crippen LogP contribution < -0.4 is 5.32 Å². The summed E-state index contributed by atoms with van der Waals surface area (Å²) < 4.78 is 1.66. The van der Waals surface area contributed by atoms with Gasteiger partial charge in [-0.2, -0.15) is 5.10 Å². The van der Waals surface area contributed by atoms with Crippen LogP contribution in [-0.2, 0) is 13.5 Å². The summed E-state index contributed by atoms with van der Waals surface area (Å²) in [5, 5.41) is 7.21. The van der Waals surface area contributed by atoms with E-state index in [2.05, 4.69) is 52.6 Å². The summed E-state index contributed by atoms with van der Waals surface area (Å²) >= 11 is 0. The fourth-order valence-corrected chi connectivity index (χ4v) is 3.49. The topological polar surface area (TPSA) is 50.2 Å². The molecule has 1 aromatic carbocycles. The lowest BCUT2D eigenvalue weighted by molar-refractivity contribution is 0.0893. The molecule has 3 rings (SSSR count). The van der Waals surface area contributed by atoms with Gasteiger partial charge in [-0.3, -0.25) is 9.48 Å². The summed E-state index contributed by atoms with van der Waals surface area (Å²) in [7, 11) is 1.83. The van der Waals surface area contributed by atoms with Gasteiger partial charge in [-0.05, 0) is 38.2 Å². The van der Waals surface area contributed by atoms with E-state index in [-0.39, 0.29) is 11.9 Å². The van der Waals surface area contributed by atoms with Crippen LogP contribution in [0.5, 0.6) is 0 Å². The van der Waals surface area contributed by atoms with Gasteiger partial charge in [0.05, 0.1) is 11.8 Å². The number of hydrogen-bond donors (Lipinski definition) is 1. The lowest BCUT2D eigenvalue weighted by atomic mass is 10.00. The standard InChI is InChI=1S/C20H28N4O/c1-16(8-9-17-6-4-3-5-7-17)24-12-10-19(11-13-24)22-20(25)18-14-21-23(2)15-18/h3-7,14-16,19H,8-13H2,1-2H3,(H,22,25).